The van der Waals surface area contributed by atoms with Gasteiger partial charge in [-0.2, -0.15) is 0 Å². The van der Waals surface area contributed by atoms with Crippen LogP contribution in [0.15, 0.2) is 0 Å². The van der Waals surface area contributed by atoms with Crippen LogP contribution in [-0.4, -0.2) is 33.5 Å². The molecule has 0 spiro atoms. The smallest absolute Gasteiger partial charge is 0.147 e. The van der Waals surface area contributed by atoms with Crippen molar-refractivity contribution in [2.45, 2.75) is 40.5 Å². The SMILES string of the molecule is CC(C)CNCCC(C)(C)CCS(C)(=O)=O. The lowest BCUT2D eigenvalue weighted by molar-refractivity contribution is 0.313. The first-order chi connectivity index (χ1) is 7.12. The average Bonchev–Trinajstić information content (AvgIpc) is 2.08. The quantitative estimate of drug-likeness (QED) is 0.670. The second kappa shape index (κ2) is 6.60. The van der Waals surface area contributed by atoms with Crippen molar-refractivity contribution >= 4 is 9.84 Å². The number of sulfone groups is 1. The summed E-state index contributed by atoms with van der Waals surface area (Å²) in [6, 6.07) is 0. The van der Waals surface area contributed by atoms with Crippen molar-refractivity contribution in [3.63, 3.8) is 0 Å². The van der Waals surface area contributed by atoms with Crippen LogP contribution in [0.4, 0.5) is 0 Å². The van der Waals surface area contributed by atoms with Crippen LogP contribution in [0.5, 0.6) is 0 Å². The van der Waals surface area contributed by atoms with E-state index in [9.17, 15) is 8.42 Å². The Morgan fingerprint density at radius 1 is 1.19 bits per heavy atom. The lowest BCUT2D eigenvalue weighted by Gasteiger charge is -2.24. The summed E-state index contributed by atoms with van der Waals surface area (Å²) >= 11 is 0. The zero-order valence-corrected chi connectivity index (χ0v) is 12.2. The molecule has 0 saturated carbocycles. The molecule has 0 aromatic rings. The highest BCUT2D eigenvalue weighted by Crippen LogP contribution is 2.24. The highest BCUT2D eigenvalue weighted by atomic mass is 32.2. The zero-order valence-electron chi connectivity index (χ0n) is 11.3. The molecule has 1 N–H and O–H groups in total. The maximum Gasteiger partial charge on any atom is 0.147 e. The van der Waals surface area contributed by atoms with Gasteiger partial charge < -0.3 is 5.32 Å². The first kappa shape index (κ1) is 15.9. The Labute approximate surface area is 101 Å². The Balaban J connectivity index is 3.78. The minimum atomic E-state index is -2.82. The van der Waals surface area contributed by atoms with E-state index in [4.69, 9.17) is 0 Å². The van der Waals surface area contributed by atoms with Gasteiger partial charge in [-0.25, -0.2) is 8.42 Å². The standard InChI is InChI=1S/C12H27NO2S/c1-11(2)10-13-8-6-12(3,4)7-9-16(5,14)15/h11,13H,6-10H2,1-5H3. The highest BCUT2D eigenvalue weighted by molar-refractivity contribution is 7.90. The fourth-order valence-corrected chi connectivity index (χ4v) is 2.33. The lowest BCUT2D eigenvalue weighted by Crippen LogP contribution is -2.26. The second-order valence-corrected chi connectivity index (χ2v) is 8.15. The van der Waals surface area contributed by atoms with Gasteiger partial charge in [0.15, 0.2) is 0 Å². The molecule has 4 heteroatoms. The minimum Gasteiger partial charge on any atom is -0.316 e. The Morgan fingerprint density at radius 3 is 2.19 bits per heavy atom. The Kier molecular flexibility index (Phi) is 6.56. The number of nitrogens with one attached hydrogen (secondary N) is 1. The molecule has 0 rings (SSSR count). The number of hydrogen-bond acceptors (Lipinski definition) is 3. The monoisotopic (exact) mass is 249 g/mol. The van der Waals surface area contributed by atoms with E-state index in [2.05, 4.69) is 33.0 Å². The maximum atomic E-state index is 11.1. The summed E-state index contributed by atoms with van der Waals surface area (Å²) in [4.78, 5) is 0. The molecular formula is C12H27NO2S. The van der Waals surface area contributed by atoms with Crippen LogP contribution in [-0.2, 0) is 9.84 Å². The molecule has 0 aromatic heterocycles. The molecule has 0 aliphatic rings. The first-order valence-corrected chi connectivity index (χ1v) is 8.07. The van der Waals surface area contributed by atoms with Crippen LogP contribution >= 0.6 is 0 Å². The van der Waals surface area contributed by atoms with Gasteiger partial charge in [0, 0.05) is 6.26 Å². The average molecular weight is 249 g/mol. The van der Waals surface area contributed by atoms with Crippen LogP contribution in [0.25, 0.3) is 0 Å². The molecule has 0 atom stereocenters. The van der Waals surface area contributed by atoms with Crippen molar-refractivity contribution in [1.82, 2.24) is 5.32 Å². The molecule has 0 radical (unpaired) electrons. The van der Waals surface area contributed by atoms with Gasteiger partial charge >= 0.3 is 0 Å². The second-order valence-electron chi connectivity index (χ2n) is 5.89. The lowest BCUT2D eigenvalue weighted by atomic mass is 9.86. The predicted molar refractivity (Wildman–Crippen MR) is 70.4 cm³/mol. The molecule has 0 saturated heterocycles. The van der Waals surface area contributed by atoms with Crippen LogP contribution in [0.2, 0.25) is 0 Å². The van der Waals surface area contributed by atoms with E-state index in [-0.39, 0.29) is 5.41 Å². The van der Waals surface area contributed by atoms with Gasteiger partial charge in [0.25, 0.3) is 0 Å². The van der Waals surface area contributed by atoms with Crippen LogP contribution in [0, 0.1) is 11.3 Å². The molecule has 0 heterocycles. The molecular weight excluding hydrogens is 222 g/mol. The van der Waals surface area contributed by atoms with Gasteiger partial charge in [0.2, 0.25) is 0 Å². The van der Waals surface area contributed by atoms with Crippen molar-refractivity contribution in [2.24, 2.45) is 11.3 Å². The Morgan fingerprint density at radius 2 is 1.75 bits per heavy atom. The molecule has 0 aromatic carbocycles. The summed E-state index contributed by atoms with van der Waals surface area (Å²) in [5.41, 5.74) is 0.104. The molecule has 0 unspecified atom stereocenters. The molecule has 0 fully saturated rings. The molecule has 98 valence electrons. The summed E-state index contributed by atoms with van der Waals surface area (Å²) in [5, 5.41) is 3.39. The summed E-state index contributed by atoms with van der Waals surface area (Å²) in [7, 11) is -2.82. The first-order valence-electron chi connectivity index (χ1n) is 6.01. The van der Waals surface area contributed by atoms with E-state index in [1.807, 2.05) is 0 Å². The van der Waals surface area contributed by atoms with E-state index < -0.39 is 9.84 Å². The van der Waals surface area contributed by atoms with Crippen molar-refractivity contribution in [3.05, 3.63) is 0 Å². The third-order valence-electron chi connectivity index (χ3n) is 2.68. The molecule has 0 amide bonds. The van der Waals surface area contributed by atoms with Gasteiger partial charge in [-0.3, -0.25) is 0 Å². The van der Waals surface area contributed by atoms with Gasteiger partial charge in [-0.15, -0.1) is 0 Å². The Bertz CT molecular complexity index is 281. The largest absolute Gasteiger partial charge is 0.316 e. The minimum absolute atomic E-state index is 0.104. The predicted octanol–water partition coefficient (Wildman–Crippen LogP) is 2.08. The zero-order chi connectivity index (χ0) is 12.8. The van der Waals surface area contributed by atoms with Crippen LogP contribution in [0.1, 0.15) is 40.5 Å². The van der Waals surface area contributed by atoms with Gasteiger partial charge in [-0.05, 0) is 37.3 Å². The molecule has 16 heavy (non-hydrogen) atoms. The van der Waals surface area contributed by atoms with Crippen LogP contribution in [0.3, 0.4) is 0 Å². The molecule has 0 aliphatic heterocycles. The third kappa shape index (κ3) is 10.4. The Hall–Kier alpha value is -0.0900. The number of rotatable bonds is 8. The maximum absolute atomic E-state index is 11.1. The highest BCUT2D eigenvalue weighted by Gasteiger charge is 2.19. The van der Waals surface area contributed by atoms with E-state index in [0.29, 0.717) is 11.7 Å². The summed E-state index contributed by atoms with van der Waals surface area (Å²) in [6.45, 7) is 10.6. The fraction of sp³-hybridized carbons (Fsp3) is 1.00. The number of hydrogen-bond donors (Lipinski definition) is 1. The molecule has 3 nitrogen and oxygen atoms in total. The van der Waals surface area contributed by atoms with Crippen LogP contribution < -0.4 is 5.32 Å². The molecule has 0 bridgehead atoms. The topological polar surface area (TPSA) is 46.2 Å². The summed E-state index contributed by atoms with van der Waals surface area (Å²) < 4.78 is 22.2. The van der Waals surface area contributed by atoms with Gasteiger partial charge in [0.05, 0.1) is 5.75 Å². The fourth-order valence-electron chi connectivity index (χ4n) is 1.40. The normalized spacial score (nSPS) is 13.4. The van der Waals surface area contributed by atoms with Crippen molar-refractivity contribution in [1.29, 1.82) is 0 Å². The van der Waals surface area contributed by atoms with E-state index in [1.165, 1.54) is 6.26 Å². The summed E-state index contributed by atoms with van der Waals surface area (Å²) in [5.74, 6) is 0.962. The third-order valence-corrected chi connectivity index (χ3v) is 3.63. The van der Waals surface area contributed by atoms with E-state index in [1.54, 1.807) is 0 Å². The van der Waals surface area contributed by atoms with Gasteiger partial charge in [0.1, 0.15) is 9.84 Å². The van der Waals surface area contributed by atoms with Gasteiger partial charge in [-0.1, -0.05) is 27.7 Å². The van der Waals surface area contributed by atoms with E-state index >= 15 is 0 Å². The van der Waals surface area contributed by atoms with Crippen molar-refractivity contribution < 1.29 is 8.42 Å². The summed E-state index contributed by atoms with van der Waals surface area (Å²) in [6.07, 6.45) is 3.07. The molecule has 0 aliphatic carbocycles. The van der Waals surface area contributed by atoms with E-state index in [0.717, 1.165) is 25.9 Å². The van der Waals surface area contributed by atoms with Crippen molar-refractivity contribution in [3.8, 4) is 0 Å². The van der Waals surface area contributed by atoms with Crippen molar-refractivity contribution in [2.75, 3.05) is 25.1 Å².